The monoisotopic (exact) mass is 338 g/mol. The molecule has 0 aliphatic carbocycles. The van der Waals surface area contributed by atoms with E-state index in [2.05, 4.69) is 19.2 Å². The number of carbonyl (C=O) groups excluding carboxylic acids is 1. The lowest BCUT2D eigenvalue weighted by Crippen LogP contribution is -2.54. The lowest BCUT2D eigenvalue weighted by molar-refractivity contribution is 0.0675. The van der Waals surface area contributed by atoms with E-state index in [0.29, 0.717) is 18.0 Å². The Balaban J connectivity index is 2.02. The highest BCUT2D eigenvalue weighted by Crippen LogP contribution is 2.34. The number of nitrogens with one attached hydrogen (secondary N) is 1. The highest BCUT2D eigenvalue weighted by atomic mass is 19.1. The van der Waals surface area contributed by atoms with Crippen LogP contribution >= 0.6 is 0 Å². The summed E-state index contributed by atoms with van der Waals surface area (Å²) >= 11 is 0. The van der Waals surface area contributed by atoms with E-state index in [1.165, 1.54) is 13.2 Å². The van der Waals surface area contributed by atoms with Crippen LogP contribution in [0.2, 0.25) is 0 Å². The lowest BCUT2D eigenvalue weighted by atomic mass is 9.87. The molecule has 1 saturated heterocycles. The zero-order valence-corrected chi connectivity index (χ0v) is 14.6. The van der Waals surface area contributed by atoms with Crippen LogP contribution in [0.4, 0.5) is 9.18 Å². The predicted octanol–water partition coefficient (Wildman–Crippen LogP) is 2.92. The Morgan fingerprint density at radius 1 is 1.50 bits per heavy atom. The maximum Gasteiger partial charge on any atom is 0.318 e. The van der Waals surface area contributed by atoms with Crippen LogP contribution in [-0.4, -0.2) is 41.8 Å². The SMILES string of the molecule is COc1ccc(CNC(=O)N2CCCC2(CO)CC(C)C)cc1F. The number of methoxy groups -OCH3 is 1. The molecule has 1 atom stereocenters. The summed E-state index contributed by atoms with van der Waals surface area (Å²) in [6, 6.07) is 4.41. The van der Waals surface area contributed by atoms with Crippen LogP contribution in [0.25, 0.3) is 0 Å². The molecule has 2 rings (SSSR count). The first kappa shape index (κ1) is 18.5. The van der Waals surface area contributed by atoms with E-state index in [9.17, 15) is 14.3 Å². The number of hydrogen-bond acceptors (Lipinski definition) is 3. The molecule has 5 nitrogen and oxygen atoms in total. The fourth-order valence-corrected chi connectivity index (χ4v) is 3.55. The van der Waals surface area contributed by atoms with Crippen LogP contribution < -0.4 is 10.1 Å². The Bertz CT molecular complexity index is 579. The number of aliphatic hydroxyl groups is 1. The molecule has 6 heteroatoms. The molecule has 2 N–H and O–H groups in total. The van der Waals surface area contributed by atoms with Crippen LogP contribution in [-0.2, 0) is 6.54 Å². The highest BCUT2D eigenvalue weighted by Gasteiger charge is 2.43. The van der Waals surface area contributed by atoms with Gasteiger partial charge in [0.15, 0.2) is 11.6 Å². The Morgan fingerprint density at radius 2 is 2.25 bits per heavy atom. The summed E-state index contributed by atoms with van der Waals surface area (Å²) in [6.45, 7) is 5.02. The lowest BCUT2D eigenvalue weighted by Gasteiger charge is -2.38. The molecular weight excluding hydrogens is 311 g/mol. The number of nitrogens with zero attached hydrogens (tertiary/aromatic N) is 1. The molecule has 1 aromatic carbocycles. The standard InChI is InChI=1S/C18H27FN2O3/c1-13(2)10-18(12-22)7-4-8-21(18)17(23)20-11-14-5-6-16(24-3)15(19)9-14/h5-6,9,13,22H,4,7-8,10-12H2,1-3H3,(H,20,23). The molecule has 24 heavy (non-hydrogen) atoms. The van der Waals surface area contributed by atoms with Crippen LogP contribution in [0.3, 0.4) is 0 Å². The van der Waals surface area contributed by atoms with Crippen molar-refractivity contribution in [2.75, 3.05) is 20.3 Å². The van der Waals surface area contributed by atoms with Gasteiger partial charge in [0.2, 0.25) is 0 Å². The number of amides is 2. The van der Waals surface area contributed by atoms with Gasteiger partial charge in [-0.05, 0) is 42.9 Å². The van der Waals surface area contributed by atoms with Gasteiger partial charge >= 0.3 is 6.03 Å². The number of benzene rings is 1. The highest BCUT2D eigenvalue weighted by molar-refractivity contribution is 5.75. The summed E-state index contributed by atoms with van der Waals surface area (Å²) in [4.78, 5) is 14.3. The van der Waals surface area contributed by atoms with Gasteiger partial charge in [0.05, 0.1) is 19.3 Å². The van der Waals surface area contributed by atoms with Crippen molar-refractivity contribution in [1.82, 2.24) is 10.2 Å². The second kappa shape index (κ2) is 7.83. The van der Waals surface area contributed by atoms with Crippen molar-refractivity contribution >= 4 is 6.03 Å². The van der Waals surface area contributed by atoms with Gasteiger partial charge in [-0.15, -0.1) is 0 Å². The first-order valence-electron chi connectivity index (χ1n) is 8.40. The third-order valence-electron chi connectivity index (χ3n) is 4.58. The maximum atomic E-state index is 13.7. The van der Waals surface area contributed by atoms with E-state index in [4.69, 9.17) is 4.74 Å². The molecule has 1 aliphatic rings. The Morgan fingerprint density at radius 3 is 2.83 bits per heavy atom. The fraction of sp³-hybridized carbons (Fsp3) is 0.611. The molecule has 0 spiro atoms. The first-order chi connectivity index (χ1) is 11.4. The average molecular weight is 338 g/mol. The number of aliphatic hydroxyl groups excluding tert-OH is 1. The van der Waals surface area contributed by atoms with Crippen molar-refractivity contribution in [3.05, 3.63) is 29.6 Å². The minimum absolute atomic E-state index is 0.0320. The second-order valence-electron chi connectivity index (χ2n) is 6.86. The molecule has 134 valence electrons. The molecule has 0 radical (unpaired) electrons. The van der Waals surface area contributed by atoms with Crippen LogP contribution in [0.15, 0.2) is 18.2 Å². The van der Waals surface area contributed by atoms with Gasteiger partial charge in [0, 0.05) is 13.1 Å². The Kier molecular flexibility index (Phi) is 6.04. The summed E-state index contributed by atoms with van der Waals surface area (Å²) in [5, 5.41) is 12.7. The number of urea groups is 1. The number of likely N-dealkylation sites (tertiary alicyclic amines) is 1. The van der Waals surface area contributed by atoms with Gasteiger partial charge in [-0.1, -0.05) is 19.9 Å². The Hall–Kier alpha value is -1.82. The largest absolute Gasteiger partial charge is 0.494 e. The summed E-state index contributed by atoms with van der Waals surface area (Å²) in [5.41, 5.74) is 0.183. The minimum Gasteiger partial charge on any atom is -0.494 e. The molecule has 0 saturated carbocycles. The van der Waals surface area contributed by atoms with Crippen molar-refractivity contribution in [1.29, 1.82) is 0 Å². The molecule has 1 aromatic rings. The third kappa shape index (κ3) is 3.98. The number of hydrogen-bond donors (Lipinski definition) is 2. The molecular formula is C18H27FN2O3. The van der Waals surface area contributed by atoms with E-state index in [0.717, 1.165) is 19.3 Å². The van der Waals surface area contributed by atoms with E-state index in [1.54, 1.807) is 17.0 Å². The average Bonchev–Trinajstić information content (AvgIpc) is 2.96. The normalized spacial score (nSPS) is 20.5. The second-order valence-corrected chi connectivity index (χ2v) is 6.86. The van der Waals surface area contributed by atoms with Gasteiger partial charge in [0.25, 0.3) is 0 Å². The molecule has 1 fully saturated rings. The summed E-state index contributed by atoms with van der Waals surface area (Å²) in [7, 11) is 1.41. The number of halogens is 1. The van der Waals surface area contributed by atoms with Gasteiger partial charge in [-0.3, -0.25) is 0 Å². The fourth-order valence-electron chi connectivity index (χ4n) is 3.55. The van der Waals surface area contributed by atoms with Crippen molar-refractivity contribution in [2.45, 2.75) is 45.2 Å². The molecule has 1 unspecified atom stereocenters. The zero-order chi connectivity index (χ0) is 17.7. The van der Waals surface area contributed by atoms with E-state index < -0.39 is 11.4 Å². The van der Waals surface area contributed by atoms with Crippen LogP contribution in [0.1, 0.15) is 38.7 Å². The third-order valence-corrected chi connectivity index (χ3v) is 4.58. The van der Waals surface area contributed by atoms with E-state index in [1.807, 2.05) is 0 Å². The van der Waals surface area contributed by atoms with Crippen LogP contribution in [0.5, 0.6) is 5.75 Å². The minimum atomic E-state index is -0.483. The number of ether oxygens (including phenoxy) is 1. The maximum absolute atomic E-state index is 13.7. The first-order valence-corrected chi connectivity index (χ1v) is 8.40. The van der Waals surface area contributed by atoms with Crippen LogP contribution in [0, 0.1) is 11.7 Å². The quantitative estimate of drug-likeness (QED) is 0.838. The molecule has 0 aromatic heterocycles. The molecule has 1 aliphatic heterocycles. The number of carbonyl (C=O) groups is 1. The topological polar surface area (TPSA) is 61.8 Å². The molecule has 2 amide bonds. The van der Waals surface area contributed by atoms with Crippen molar-refractivity contribution in [3.8, 4) is 5.75 Å². The Labute approximate surface area is 142 Å². The van der Waals surface area contributed by atoms with E-state index >= 15 is 0 Å². The zero-order valence-electron chi connectivity index (χ0n) is 14.6. The van der Waals surface area contributed by atoms with E-state index in [-0.39, 0.29) is 24.9 Å². The van der Waals surface area contributed by atoms with Crippen molar-refractivity contribution in [3.63, 3.8) is 0 Å². The van der Waals surface area contributed by atoms with Gasteiger partial charge in [0.1, 0.15) is 0 Å². The smallest absolute Gasteiger partial charge is 0.318 e. The van der Waals surface area contributed by atoms with Gasteiger partial charge < -0.3 is 20.1 Å². The number of rotatable bonds is 6. The summed E-state index contributed by atoms with van der Waals surface area (Å²) < 4.78 is 18.6. The van der Waals surface area contributed by atoms with Gasteiger partial charge in [-0.25, -0.2) is 9.18 Å². The van der Waals surface area contributed by atoms with Crippen molar-refractivity contribution < 1.29 is 19.0 Å². The van der Waals surface area contributed by atoms with Gasteiger partial charge in [-0.2, -0.15) is 0 Å². The summed E-state index contributed by atoms with van der Waals surface area (Å²) in [6.07, 6.45) is 2.47. The molecule has 0 bridgehead atoms. The molecule has 1 heterocycles. The predicted molar refractivity (Wildman–Crippen MR) is 90.4 cm³/mol. The van der Waals surface area contributed by atoms with Crippen molar-refractivity contribution in [2.24, 2.45) is 5.92 Å². The summed E-state index contributed by atoms with van der Waals surface area (Å²) in [5.74, 6) is 0.122.